The molecular weight excluding hydrogens is 377 g/mol. The highest BCUT2D eigenvalue weighted by Crippen LogP contribution is 2.22. The first kappa shape index (κ1) is 19.7. The van der Waals surface area contributed by atoms with E-state index < -0.39 is 0 Å². The van der Waals surface area contributed by atoms with Gasteiger partial charge in [0.25, 0.3) is 5.91 Å². The van der Waals surface area contributed by atoms with Gasteiger partial charge in [0.15, 0.2) is 5.13 Å². The molecule has 2 N–H and O–H groups in total. The van der Waals surface area contributed by atoms with Crippen LogP contribution < -0.4 is 10.6 Å². The molecule has 0 aliphatic carbocycles. The number of carbonyl (C=O) groups excluding carboxylic acids is 2. The van der Waals surface area contributed by atoms with Gasteiger partial charge in [-0.2, -0.15) is 0 Å². The fraction of sp³-hybridized carbons (Fsp3) is 0.190. The summed E-state index contributed by atoms with van der Waals surface area (Å²) in [6.45, 7) is 3.67. The second-order valence-corrected chi connectivity index (χ2v) is 7.62. The molecule has 0 fully saturated rings. The molecule has 0 saturated heterocycles. The summed E-state index contributed by atoms with van der Waals surface area (Å²) >= 11 is 1.28. The lowest BCUT2D eigenvalue weighted by Gasteiger charge is -2.07. The standard InChI is InChI=1S/C21H20FN3O2S/c1-13-7-14(2)9-16(8-13)20(27)23-12-19(26)25-21-24-11-17(28-21)10-15-5-3-4-6-18(15)22/h3-9,11H,10,12H2,1-2H3,(H,23,27)(H,24,25,26). The van der Waals surface area contributed by atoms with Crippen LogP contribution in [0.4, 0.5) is 9.52 Å². The van der Waals surface area contributed by atoms with E-state index in [-0.39, 0.29) is 24.2 Å². The zero-order chi connectivity index (χ0) is 20.1. The number of rotatable bonds is 6. The van der Waals surface area contributed by atoms with E-state index in [0.29, 0.717) is 22.7 Å². The normalized spacial score (nSPS) is 10.5. The van der Waals surface area contributed by atoms with Crippen LogP contribution in [0.15, 0.2) is 48.7 Å². The van der Waals surface area contributed by atoms with Crippen LogP contribution >= 0.6 is 11.3 Å². The largest absolute Gasteiger partial charge is 0.343 e. The van der Waals surface area contributed by atoms with Gasteiger partial charge in [-0.15, -0.1) is 11.3 Å². The molecule has 2 aromatic carbocycles. The van der Waals surface area contributed by atoms with Crippen molar-refractivity contribution >= 4 is 28.3 Å². The van der Waals surface area contributed by atoms with Crippen molar-refractivity contribution in [3.8, 4) is 0 Å². The maximum Gasteiger partial charge on any atom is 0.251 e. The molecule has 0 atom stereocenters. The maximum absolute atomic E-state index is 13.7. The first-order valence-corrected chi connectivity index (χ1v) is 9.57. The molecule has 0 bridgehead atoms. The van der Waals surface area contributed by atoms with Gasteiger partial charge in [-0.25, -0.2) is 9.37 Å². The Morgan fingerprint density at radius 2 is 1.82 bits per heavy atom. The molecule has 0 saturated carbocycles. The highest BCUT2D eigenvalue weighted by molar-refractivity contribution is 7.15. The predicted molar refractivity (Wildman–Crippen MR) is 108 cm³/mol. The van der Waals surface area contributed by atoms with Crippen molar-refractivity contribution in [2.24, 2.45) is 0 Å². The Labute approximate surface area is 166 Å². The maximum atomic E-state index is 13.7. The summed E-state index contributed by atoms with van der Waals surface area (Å²) in [6, 6.07) is 12.1. The van der Waals surface area contributed by atoms with Gasteiger partial charge < -0.3 is 10.6 Å². The Kier molecular flexibility index (Phi) is 6.16. The van der Waals surface area contributed by atoms with Crippen LogP contribution in [-0.4, -0.2) is 23.3 Å². The van der Waals surface area contributed by atoms with Crippen LogP contribution in [0.25, 0.3) is 0 Å². The van der Waals surface area contributed by atoms with E-state index in [9.17, 15) is 14.0 Å². The molecule has 2 amide bonds. The molecule has 144 valence electrons. The SMILES string of the molecule is Cc1cc(C)cc(C(=O)NCC(=O)Nc2ncc(Cc3ccccc3F)s2)c1. The summed E-state index contributed by atoms with van der Waals surface area (Å²) in [5.74, 6) is -0.943. The fourth-order valence-electron chi connectivity index (χ4n) is 2.81. The Hall–Kier alpha value is -3.06. The van der Waals surface area contributed by atoms with E-state index in [2.05, 4.69) is 15.6 Å². The second kappa shape index (κ2) is 8.75. The molecule has 1 aromatic heterocycles. The van der Waals surface area contributed by atoms with Gasteiger partial charge in [-0.1, -0.05) is 35.4 Å². The lowest BCUT2D eigenvalue weighted by atomic mass is 10.1. The molecule has 5 nitrogen and oxygen atoms in total. The minimum atomic E-state index is -0.371. The Balaban J connectivity index is 1.53. The first-order chi connectivity index (χ1) is 13.4. The molecule has 1 heterocycles. The Morgan fingerprint density at radius 3 is 2.54 bits per heavy atom. The van der Waals surface area contributed by atoms with Gasteiger partial charge >= 0.3 is 0 Å². The van der Waals surface area contributed by atoms with Crippen LogP contribution in [0.1, 0.15) is 31.9 Å². The van der Waals surface area contributed by atoms with Crippen molar-refractivity contribution in [3.63, 3.8) is 0 Å². The molecule has 28 heavy (non-hydrogen) atoms. The fourth-order valence-corrected chi connectivity index (χ4v) is 3.66. The number of benzene rings is 2. The zero-order valence-corrected chi connectivity index (χ0v) is 16.4. The number of halogens is 1. The van der Waals surface area contributed by atoms with Gasteiger partial charge in [0.05, 0.1) is 6.54 Å². The topological polar surface area (TPSA) is 71.1 Å². The lowest BCUT2D eigenvalue weighted by Crippen LogP contribution is -2.32. The molecule has 0 aliphatic rings. The summed E-state index contributed by atoms with van der Waals surface area (Å²) in [6.07, 6.45) is 2.02. The quantitative estimate of drug-likeness (QED) is 0.664. The number of aromatic nitrogens is 1. The zero-order valence-electron chi connectivity index (χ0n) is 15.6. The van der Waals surface area contributed by atoms with E-state index >= 15 is 0 Å². The van der Waals surface area contributed by atoms with Crippen LogP contribution in [0.3, 0.4) is 0 Å². The Morgan fingerprint density at radius 1 is 1.11 bits per heavy atom. The molecular formula is C21H20FN3O2S. The Bertz CT molecular complexity index is 996. The van der Waals surface area contributed by atoms with Crippen molar-refractivity contribution in [1.82, 2.24) is 10.3 Å². The van der Waals surface area contributed by atoms with E-state index in [1.54, 1.807) is 36.5 Å². The summed E-state index contributed by atoms with van der Waals surface area (Å²) in [5, 5.41) is 5.67. The summed E-state index contributed by atoms with van der Waals surface area (Å²) < 4.78 is 13.7. The molecule has 0 aliphatic heterocycles. The molecule has 0 spiro atoms. The molecule has 0 radical (unpaired) electrons. The molecule has 0 unspecified atom stereocenters. The van der Waals surface area contributed by atoms with Crippen LogP contribution in [0, 0.1) is 19.7 Å². The minimum absolute atomic E-state index is 0.159. The second-order valence-electron chi connectivity index (χ2n) is 6.51. The average Bonchev–Trinajstić information content (AvgIpc) is 3.07. The van der Waals surface area contributed by atoms with E-state index in [4.69, 9.17) is 0 Å². The van der Waals surface area contributed by atoms with E-state index in [1.165, 1.54) is 17.4 Å². The van der Waals surface area contributed by atoms with Crippen molar-refractivity contribution in [1.29, 1.82) is 0 Å². The van der Waals surface area contributed by atoms with E-state index in [1.807, 2.05) is 19.9 Å². The third-order valence-electron chi connectivity index (χ3n) is 4.02. The van der Waals surface area contributed by atoms with Gasteiger partial charge in [0.2, 0.25) is 5.91 Å². The number of nitrogens with one attached hydrogen (secondary N) is 2. The number of hydrogen-bond acceptors (Lipinski definition) is 4. The van der Waals surface area contributed by atoms with Crippen molar-refractivity contribution < 1.29 is 14.0 Å². The van der Waals surface area contributed by atoms with Crippen LogP contribution in [0.2, 0.25) is 0 Å². The average molecular weight is 397 g/mol. The van der Waals surface area contributed by atoms with Crippen LogP contribution in [-0.2, 0) is 11.2 Å². The summed E-state index contributed by atoms with van der Waals surface area (Å²) in [5.41, 5.74) is 3.07. The third-order valence-corrected chi connectivity index (χ3v) is 4.93. The highest BCUT2D eigenvalue weighted by atomic mass is 32.1. The van der Waals surface area contributed by atoms with Crippen molar-refractivity contribution in [2.75, 3.05) is 11.9 Å². The third kappa shape index (κ3) is 5.23. The highest BCUT2D eigenvalue weighted by Gasteiger charge is 2.12. The van der Waals surface area contributed by atoms with Gasteiger partial charge in [-0.05, 0) is 37.6 Å². The number of carbonyl (C=O) groups is 2. The molecule has 7 heteroatoms. The predicted octanol–water partition coefficient (Wildman–Crippen LogP) is 3.86. The molecule has 3 aromatic rings. The van der Waals surface area contributed by atoms with E-state index in [0.717, 1.165) is 16.0 Å². The van der Waals surface area contributed by atoms with Crippen LogP contribution in [0.5, 0.6) is 0 Å². The number of anilines is 1. The number of hydrogen-bond donors (Lipinski definition) is 2. The van der Waals surface area contributed by atoms with Gasteiger partial charge in [0.1, 0.15) is 5.82 Å². The number of thiazole rings is 1. The minimum Gasteiger partial charge on any atom is -0.343 e. The smallest absolute Gasteiger partial charge is 0.251 e. The van der Waals surface area contributed by atoms with Gasteiger partial charge in [-0.3, -0.25) is 9.59 Å². The van der Waals surface area contributed by atoms with Gasteiger partial charge in [0, 0.05) is 23.1 Å². The number of nitrogens with zero attached hydrogens (tertiary/aromatic N) is 1. The monoisotopic (exact) mass is 397 g/mol. The number of aryl methyl sites for hydroxylation is 2. The van der Waals surface area contributed by atoms with Crippen molar-refractivity contribution in [3.05, 3.63) is 81.6 Å². The molecule has 3 rings (SSSR count). The van der Waals surface area contributed by atoms with Crippen molar-refractivity contribution in [2.45, 2.75) is 20.3 Å². The number of amides is 2. The summed E-state index contributed by atoms with van der Waals surface area (Å²) in [7, 11) is 0. The first-order valence-electron chi connectivity index (χ1n) is 8.75. The lowest BCUT2D eigenvalue weighted by molar-refractivity contribution is -0.115. The summed E-state index contributed by atoms with van der Waals surface area (Å²) in [4.78, 5) is 29.3.